The number of carbonyl (C=O) groups is 1. The standard InChI is InChI=1S/C15H21NO2/c1-2-18-14(17)15(9-6-10-16-12-15)11-13-7-4-3-5-8-13/h3-5,7-8,16H,2,6,9-12H2,1H3. The number of piperidine rings is 1. The highest BCUT2D eigenvalue weighted by Crippen LogP contribution is 2.32. The molecule has 1 aliphatic rings. The predicted octanol–water partition coefficient (Wildman–Crippen LogP) is 2.16. The van der Waals surface area contributed by atoms with Crippen LogP contribution < -0.4 is 5.32 Å². The smallest absolute Gasteiger partial charge is 0.313 e. The number of esters is 1. The molecule has 1 N–H and O–H groups in total. The van der Waals surface area contributed by atoms with Crippen LogP contribution in [0.4, 0.5) is 0 Å². The zero-order chi connectivity index (χ0) is 12.8. The molecule has 98 valence electrons. The van der Waals surface area contributed by atoms with E-state index in [1.807, 2.05) is 25.1 Å². The molecule has 3 heteroatoms. The summed E-state index contributed by atoms with van der Waals surface area (Å²) in [5.74, 6) is -0.0546. The minimum atomic E-state index is -0.379. The van der Waals surface area contributed by atoms with E-state index >= 15 is 0 Å². The van der Waals surface area contributed by atoms with E-state index < -0.39 is 0 Å². The SMILES string of the molecule is CCOC(=O)C1(Cc2ccccc2)CCCNC1. The molecule has 0 saturated carbocycles. The van der Waals surface area contributed by atoms with E-state index in [9.17, 15) is 4.79 Å². The van der Waals surface area contributed by atoms with Crippen molar-refractivity contribution in [2.75, 3.05) is 19.7 Å². The van der Waals surface area contributed by atoms with E-state index in [0.29, 0.717) is 6.61 Å². The Labute approximate surface area is 109 Å². The molecule has 1 aromatic rings. The van der Waals surface area contributed by atoms with Gasteiger partial charge in [0.15, 0.2) is 0 Å². The number of nitrogens with one attached hydrogen (secondary N) is 1. The first-order chi connectivity index (χ1) is 8.77. The van der Waals surface area contributed by atoms with Gasteiger partial charge in [0.2, 0.25) is 0 Å². The van der Waals surface area contributed by atoms with Crippen LogP contribution in [0, 0.1) is 5.41 Å². The predicted molar refractivity (Wildman–Crippen MR) is 71.3 cm³/mol. The maximum Gasteiger partial charge on any atom is 0.313 e. The fraction of sp³-hybridized carbons (Fsp3) is 0.533. The molecule has 3 nitrogen and oxygen atoms in total. The molecule has 1 heterocycles. The van der Waals surface area contributed by atoms with Gasteiger partial charge in [0.05, 0.1) is 12.0 Å². The third-order valence-electron chi connectivity index (χ3n) is 3.57. The topological polar surface area (TPSA) is 38.3 Å². The molecule has 0 bridgehead atoms. The molecule has 0 radical (unpaired) electrons. The van der Waals surface area contributed by atoms with Crippen molar-refractivity contribution in [2.45, 2.75) is 26.2 Å². The number of hydrogen-bond acceptors (Lipinski definition) is 3. The zero-order valence-electron chi connectivity index (χ0n) is 10.9. The van der Waals surface area contributed by atoms with E-state index in [-0.39, 0.29) is 11.4 Å². The van der Waals surface area contributed by atoms with Gasteiger partial charge in [-0.15, -0.1) is 0 Å². The maximum atomic E-state index is 12.3. The monoisotopic (exact) mass is 247 g/mol. The molecule has 0 aliphatic carbocycles. The molecule has 1 aliphatic heterocycles. The zero-order valence-corrected chi connectivity index (χ0v) is 10.9. The first-order valence-electron chi connectivity index (χ1n) is 6.69. The number of carbonyl (C=O) groups excluding carboxylic acids is 1. The molecule has 1 atom stereocenters. The summed E-state index contributed by atoms with van der Waals surface area (Å²) in [5.41, 5.74) is 0.824. The molecule has 1 saturated heterocycles. The van der Waals surface area contributed by atoms with Gasteiger partial charge in [0, 0.05) is 6.54 Å². The summed E-state index contributed by atoms with van der Waals surface area (Å²) in [7, 11) is 0. The van der Waals surface area contributed by atoms with Gasteiger partial charge in [-0.25, -0.2) is 0 Å². The number of benzene rings is 1. The van der Waals surface area contributed by atoms with Gasteiger partial charge in [-0.3, -0.25) is 4.79 Å². The van der Waals surface area contributed by atoms with Crippen molar-refractivity contribution in [1.29, 1.82) is 0 Å². The van der Waals surface area contributed by atoms with Crippen molar-refractivity contribution in [2.24, 2.45) is 5.41 Å². The summed E-state index contributed by atoms with van der Waals surface area (Å²) in [6.45, 7) is 4.04. The minimum Gasteiger partial charge on any atom is -0.466 e. The van der Waals surface area contributed by atoms with Crippen molar-refractivity contribution in [1.82, 2.24) is 5.32 Å². The van der Waals surface area contributed by atoms with Crippen LogP contribution in [0.25, 0.3) is 0 Å². The lowest BCUT2D eigenvalue weighted by Gasteiger charge is -2.35. The van der Waals surface area contributed by atoms with Crippen LogP contribution in [0.2, 0.25) is 0 Å². The van der Waals surface area contributed by atoms with Crippen LogP contribution in [0.15, 0.2) is 30.3 Å². The van der Waals surface area contributed by atoms with Crippen LogP contribution in [-0.4, -0.2) is 25.7 Å². The Balaban J connectivity index is 2.16. The summed E-state index contributed by atoms with van der Waals surface area (Å²) in [4.78, 5) is 12.3. The number of rotatable bonds is 4. The van der Waals surface area contributed by atoms with E-state index in [1.165, 1.54) is 5.56 Å². The lowest BCUT2D eigenvalue weighted by Crippen LogP contribution is -2.47. The van der Waals surface area contributed by atoms with Crippen molar-refractivity contribution in [3.05, 3.63) is 35.9 Å². The largest absolute Gasteiger partial charge is 0.466 e. The summed E-state index contributed by atoms with van der Waals surface area (Å²) in [6, 6.07) is 10.2. The third-order valence-corrected chi connectivity index (χ3v) is 3.57. The molecular weight excluding hydrogens is 226 g/mol. The minimum absolute atomic E-state index is 0.0546. The van der Waals surface area contributed by atoms with Gasteiger partial charge in [0.25, 0.3) is 0 Å². The molecule has 2 rings (SSSR count). The Morgan fingerprint density at radius 3 is 2.78 bits per heavy atom. The molecule has 0 spiro atoms. The summed E-state index contributed by atoms with van der Waals surface area (Å²) in [5, 5.41) is 3.33. The molecule has 18 heavy (non-hydrogen) atoms. The van der Waals surface area contributed by atoms with Crippen molar-refractivity contribution < 1.29 is 9.53 Å². The van der Waals surface area contributed by atoms with Crippen LogP contribution in [0.5, 0.6) is 0 Å². The van der Waals surface area contributed by atoms with Crippen LogP contribution in [0.1, 0.15) is 25.3 Å². The Morgan fingerprint density at radius 1 is 1.39 bits per heavy atom. The number of ether oxygens (including phenoxy) is 1. The van der Waals surface area contributed by atoms with Crippen molar-refractivity contribution in [3.8, 4) is 0 Å². The van der Waals surface area contributed by atoms with Gasteiger partial charge in [-0.05, 0) is 38.3 Å². The van der Waals surface area contributed by atoms with Gasteiger partial charge in [0.1, 0.15) is 0 Å². The van der Waals surface area contributed by atoms with E-state index in [1.54, 1.807) is 0 Å². The van der Waals surface area contributed by atoms with Crippen molar-refractivity contribution in [3.63, 3.8) is 0 Å². The van der Waals surface area contributed by atoms with Crippen molar-refractivity contribution >= 4 is 5.97 Å². The molecule has 1 aromatic carbocycles. The summed E-state index contributed by atoms with van der Waals surface area (Å²) in [6.07, 6.45) is 2.71. The first kappa shape index (κ1) is 13.1. The Hall–Kier alpha value is -1.35. The normalized spacial score (nSPS) is 23.6. The fourth-order valence-corrected chi connectivity index (χ4v) is 2.64. The highest BCUT2D eigenvalue weighted by Gasteiger charge is 2.40. The Bertz CT molecular complexity index is 383. The second-order valence-corrected chi connectivity index (χ2v) is 4.94. The van der Waals surface area contributed by atoms with E-state index in [4.69, 9.17) is 4.74 Å². The quantitative estimate of drug-likeness (QED) is 0.829. The summed E-state index contributed by atoms with van der Waals surface area (Å²) < 4.78 is 5.28. The van der Waals surface area contributed by atoms with E-state index in [0.717, 1.165) is 32.4 Å². The second kappa shape index (κ2) is 6.01. The van der Waals surface area contributed by atoms with E-state index in [2.05, 4.69) is 17.4 Å². The van der Waals surface area contributed by atoms with Gasteiger partial charge in [-0.1, -0.05) is 30.3 Å². The fourth-order valence-electron chi connectivity index (χ4n) is 2.64. The summed E-state index contributed by atoms with van der Waals surface area (Å²) >= 11 is 0. The van der Waals surface area contributed by atoms with Gasteiger partial charge < -0.3 is 10.1 Å². The van der Waals surface area contributed by atoms with Crippen LogP contribution in [0.3, 0.4) is 0 Å². The molecule has 0 amide bonds. The number of hydrogen-bond donors (Lipinski definition) is 1. The van der Waals surface area contributed by atoms with Crippen LogP contribution in [-0.2, 0) is 16.0 Å². The van der Waals surface area contributed by atoms with Gasteiger partial charge >= 0.3 is 5.97 Å². The molecule has 1 unspecified atom stereocenters. The highest BCUT2D eigenvalue weighted by atomic mass is 16.5. The molecule has 0 aromatic heterocycles. The molecular formula is C15H21NO2. The average Bonchev–Trinajstić information content (AvgIpc) is 2.41. The second-order valence-electron chi connectivity index (χ2n) is 4.94. The lowest BCUT2D eigenvalue weighted by molar-refractivity contribution is -0.156. The third kappa shape index (κ3) is 2.91. The lowest BCUT2D eigenvalue weighted by atomic mass is 9.76. The van der Waals surface area contributed by atoms with Gasteiger partial charge in [-0.2, -0.15) is 0 Å². The highest BCUT2D eigenvalue weighted by molar-refractivity contribution is 5.77. The Morgan fingerprint density at radius 2 is 2.17 bits per heavy atom. The first-order valence-corrected chi connectivity index (χ1v) is 6.69. The Kier molecular flexibility index (Phi) is 4.37. The van der Waals surface area contributed by atoms with Crippen LogP contribution >= 0.6 is 0 Å². The molecule has 1 fully saturated rings. The average molecular weight is 247 g/mol. The maximum absolute atomic E-state index is 12.3.